The van der Waals surface area contributed by atoms with Crippen LogP contribution in [0.4, 0.5) is 13.2 Å². The Balaban J connectivity index is 1.90. The molecule has 1 aliphatic carbocycles. The second-order valence-corrected chi connectivity index (χ2v) is 4.43. The van der Waals surface area contributed by atoms with Crippen molar-refractivity contribution in [2.24, 2.45) is 5.92 Å². The molecule has 1 unspecified atom stereocenters. The van der Waals surface area contributed by atoms with Gasteiger partial charge in [0.15, 0.2) is 0 Å². The van der Waals surface area contributed by atoms with Crippen molar-refractivity contribution in [3.8, 4) is 0 Å². The Hall–Kier alpha value is -0.510. The molecule has 0 aromatic carbocycles. The highest BCUT2D eigenvalue weighted by Gasteiger charge is 2.25. The molecule has 0 amide bonds. The molecule has 0 fully saturated rings. The van der Waals surface area contributed by atoms with Gasteiger partial charge in [-0.3, -0.25) is 0 Å². The Morgan fingerprint density at radius 3 is 2.62 bits per heavy atom. The third-order valence-corrected chi connectivity index (χ3v) is 2.87. The van der Waals surface area contributed by atoms with Crippen LogP contribution in [0.3, 0.4) is 0 Å². The molecule has 0 bridgehead atoms. The summed E-state index contributed by atoms with van der Waals surface area (Å²) in [7, 11) is 0. The van der Waals surface area contributed by atoms with Crippen LogP contribution in [0.1, 0.15) is 38.5 Å². The van der Waals surface area contributed by atoms with Crippen LogP contribution >= 0.6 is 0 Å². The molecule has 1 N–H and O–H groups in total. The zero-order chi connectivity index (χ0) is 11.9. The Morgan fingerprint density at radius 2 is 2.00 bits per heavy atom. The van der Waals surface area contributed by atoms with Crippen LogP contribution in [0.15, 0.2) is 12.2 Å². The van der Waals surface area contributed by atoms with Gasteiger partial charge in [0.2, 0.25) is 0 Å². The standard InChI is InChI=1S/C12H20F3N/c13-12(14,15)8-4-5-9-16-10-11-6-2-1-3-7-11/h1-2,11,16H,3-10H2. The second kappa shape index (κ2) is 6.94. The van der Waals surface area contributed by atoms with Crippen molar-refractivity contribution in [1.29, 1.82) is 0 Å². The maximum atomic E-state index is 11.8. The molecule has 16 heavy (non-hydrogen) atoms. The zero-order valence-corrected chi connectivity index (χ0v) is 9.52. The van der Waals surface area contributed by atoms with E-state index in [1.807, 2.05) is 0 Å². The van der Waals surface area contributed by atoms with Crippen LogP contribution < -0.4 is 5.32 Å². The molecule has 0 saturated carbocycles. The van der Waals surface area contributed by atoms with E-state index in [0.29, 0.717) is 18.9 Å². The summed E-state index contributed by atoms with van der Waals surface area (Å²) < 4.78 is 35.5. The predicted molar refractivity (Wildman–Crippen MR) is 59.3 cm³/mol. The molecule has 0 aromatic heterocycles. The van der Waals surface area contributed by atoms with Crippen molar-refractivity contribution in [1.82, 2.24) is 5.32 Å². The third kappa shape index (κ3) is 6.88. The van der Waals surface area contributed by atoms with E-state index in [1.54, 1.807) is 0 Å². The highest BCUT2D eigenvalue weighted by Crippen LogP contribution is 2.22. The van der Waals surface area contributed by atoms with Crippen molar-refractivity contribution in [2.75, 3.05) is 13.1 Å². The first-order valence-corrected chi connectivity index (χ1v) is 6.00. The minimum atomic E-state index is -3.99. The van der Waals surface area contributed by atoms with Crippen molar-refractivity contribution in [3.63, 3.8) is 0 Å². The van der Waals surface area contributed by atoms with Crippen LogP contribution in [0.2, 0.25) is 0 Å². The molecule has 0 aromatic rings. The molecular weight excluding hydrogens is 215 g/mol. The molecule has 0 radical (unpaired) electrons. The number of hydrogen-bond donors (Lipinski definition) is 1. The molecule has 1 atom stereocenters. The van der Waals surface area contributed by atoms with E-state index in [4.69, 9.17) is 0 Å². The summed E-state index contributed by atoms with van der Waals surface area (Å²) in [6.45, 7) is 1.65. The summed E-state index contributed by atoms with van der Waals surface area (Å²) in [5, 5.41) is 3.24. The number of allylic oxidation sites excluding steroid dienone is 2. The fraction of sp³-hybridized carbons (Fsp3) is 0.833. The number of alkyl halides is 3. The van der Waals surface area contributed by atoms with Crippen LogP contribution in [-0.2, 0) is 0 Å². The summed E-state index contributed by atoms with van der Waals surface area (Å²) >= 11 is 0. The smallest absolute Gasteiger partial charge is 0.316 e. The molecule has 1 aliphatic rings. The minimum Gasteiger partial charge on any atom is -0.316 e. The fourth-order valence-corrected chi connectivity index (χ4v) is 1.92. The van der Waals surface area contributed by atoms with E-state index >= 15 is 0 Å². The number of nitrogens with one attached hydrogen (secondary N) is 1. The highest BCUT2D eigenvalue weighted by atomic mass is 19.4. The van der Waals surface area contributed by atoms with Gasteiger partial charge in [-0.25, -0.2) is 0 Å². The largest absolute Gasteiger partial charge is 0.389 e. The van der Waals surface area contributed by atoms with Gasteiger partial charge in [-0.15, -0.1) is 0 Å². The topological polar surface area (TPSA) is 12.0 Å². The first-order chi connectivity index (χ1) is 7.58. The zero-order valence-electron chi connectivity index (χ0n) is 9.52. The van der Waals surface area contributed by atoms with Gasteiger partial charge >= 0.3 is 6.18 Å². The predicted octanol–water partition coefficient (Wildman–Crippen LogP) is 3.66. The Kier molecular flexibility index (Phi) is 5.88. The first-order valence-electron chi connectivity index (χ1n) is 6.00. The lowest BCUT2D eigenvalue weighted by Gasteiger charge is -2.18. The lowest BCUT2D eigenvalue weighted by Crippen LogP contribution is -2.24. The lowest BCUT2D eigenvalue weighted by atomic mass is 9.94. The van der Waals surface area contributed by atoms with Crippen LogP contribution in [0, 0.1) is 5.92 Å². The minimum absolute atomic E-state index is 0.237. The van der Waals surface area contributed by atoms with Crippen molar-refractivity contribution >= 4 is 0 Å². The van der Waals surface area contributed by atoms with Crippen molar-refractivity contribution in [2.45, 2.75) is 44.7 Å². The number of unbranched alkanes of at least 4 members (excludes halogenated alkanes) is 1. The van der Waals surface area contributed by atoms with Crippen LogP contribution in [0.25, 0.3) is 0 Å². The molecule has 0 heterocycles. The first kappa shape index (κ1) is 13.6. The van der Waals surface area contributed by atoms with Gasteiger partial charge in [0, 0.05) is 6.42 Å². The lowest BCUT2D eigenvalue weighted by molar-refractivity contribution is -0.135. The Labute approximate surface area is 95.1 Å². The molecule has 94 valence electrons. The monoisotopic (exact) mass is 235 g/mol. The van der Waals surface area contributed by atoms with Crippen molar-refractivity contribution < 1.29 is 13.2 Å². The van der Waals surface area contributed by atoms with Crippen molar-refractivity contribution in [3.05, 3.63) is 12.2 Å². The van der Waals surface area contributed by atoms with Gasteiger partial charge < -0.3 is 5.32 Å². The van der Waals surface area contributed by atoms with E-state index in [1.165, 1.54) is 6.42 Å². The average Bonchev–Trinajstić information content (AvgIpc) is 2.23. The number of hydrogen-bond acceptors (Lipinski definition) is 1. The maximum Gasteiger partial charge on any atom is 0.389 e. The van der Waals surface area contributed by atoms with Crippen LogP contribution in [0.5, 0.6) is 0 Å². The Morgan fingerprint density at radius 1 is 1.19 bits per heavy atom. The number of rotatable bonds is 6. The van der Waals surface area contributed by atoms with Gasteiger partial charge in [-0.05, 0) is 51.1 Å². The van der Waals surface area contributed by atoms with Gasteiger partial charge in [-0.1, -0.05) is 12.2 Å². The summed E-state index contributed by atoms with van der Waals surface area (Å²) in [6, 6.07) is 0. The summed E-state index contributed by atoms with van der Waals surface area (Å²) in [5.74, 6) is 0.674. The fourth-order valence-electron chi connectivity index (χ4n) is 1.92. The molecule has 1 rings (SSSR count). The van der Waals surface area contributed by atoms with Crippen LogP contribution in [-0.4, -0.2) is 19.3 Å². The molecule has 1 nitrogen and oxygen atoms in total. The van der Waals surface area contributed by atoms with E-state index < -0.39 is 12.6 Å². The summed E-state index contributed by atoms with van der Waals surface area (Å²) in [5.41, 5.74) is 0. The second-order valence-electron chi connectivity index (χ2n) is 4.43. The van der Waals surface area contributed by atoms with E-state index in [0.717, 1.165) is 19.4 Å². The van der Waals surface area contributed by atoms with E-state index in [9.17, 15) is 13.2 Å². The molecule has 0 spiro atoms. The summed E-state index contributed by atoms with van der Waals surface area (Å²) in [4.78, 5) is 0. The SMILES string of the molecule is FC(F)(F)CCCCNCC1CC=CCC1. The molecule has 0 aliphatic heterocycles. The van der Waals surface area contributed by atoms with Gasteiger partial charge in [0.1, 0.15) is 0 Å². The van der Waals surface area contributed by atoms with E-state index in [2.05, 4.69) is 17.5 Å². The average molecular weight is 235 g/mol. The van der Waals surface area contributed by atoms with Gasteiger partial charge in [0.05, 0.1) is 0 Å². The molecule has 4 heteroatoms. The third-order valence-electron chi connectivity index (χ3n) is 2.87. The maximum absolute atomic E-state index is 11.8. The van der Waals surface area contributed by atoms with Gasteiger partial charge in [-0.2, -0.15) is 13.2 Å². The highest BCUT2D eigenvalue weighted by molar-refractivity contribution is 4.90. The van der Waals surface area contributed by atoms with Gasteiger partial charge in [0.25, 0.3) is 0 Å². The summed E-state index contributed by atoms with van der Waals surface area (Å²) in [6.07, 6.45) is 4.04. The molecular formula is C12H20F3N. The number of halogens is 3. The van der Waals surface area contributed by atoms with E-state index in [-0.39, 0.29) is 6.42 Å². The normalized spacial score (nSPS) is 21.3. The quantitative estimate of drug-likeness (QED) is 0.547. The molecule has 0 saturated heterocycles. The Bertz CT molecular complexity index is 211.